The van der Waals surface area contributed by atoms with Gasteiger partial charge in [0.15, 0.2) is 0 Å². The highest BCUT2D eigenvalue weighted by Crippen LogP contribution is 2.31. The summed E-state index contributed by atoms with van der Waals surface area (Å²) in [6.45, 7) is 5.74. The number of carbonyl (C=O) groups excluding carboxylic acids is 1. The minimum atomic E-state index is -0.294. The summed E-state index contributed by atoms with van der Waals surface area (Å²) in [5.74, 6) is -0.0527. The van der Waals surface area contributed by atoms with Crippen molar-refractivity contribution >= 4 is 28.8 Å². The Hall–Kier alpha value is -1.47. The molecule has 128 valence electrons. The molecule has 24 heavy (non-hydrogen) atoms. The van der Waals surface area contributed by atoms with Crippen LogP contribution in [0.3, 0.4) is 0 Å². The zero-order valence-corrected chi connectivity index (χ0v) is 15.2. The van der Waals surface area contributed by atoms with E-state index in [2.05, 4.69) is 10.6 Å². The van der Waals surface area contributed by atoms with Gasteiger partial charge >= 0.3 is 0 Å². The van der Waals surface area contributed by atoms with Crippen molar-refractivity contribution in [2.75, 3.05) is 19.8 Å². The molecule has 1 aromatic carbocycles. The highest BCUT2D eigenvalue weighted by atomic mass is 35.5. The van der Waals surface area contributed by atoms with E-state index in [1.165, 1.54) is 0 Å². The first-order valence-corrected chi connectivity index (χ1v) is 9.09. The molecule has 2 N–H and O–H groups in total. The third kappa shape index (κ3) is 3.95. The second-order valence-corrected chi connectivity index (χ2v) is 7.45. The quantitative estimate of drug-likeness (QED) is 0.874. The largest absolute Gasteiger partial charge is 0.378 e. The number of benzene rings is 1. The summed E-state index contributed by atoms with van der Waals surface area (Å²) in [4.78, 5) is 18.1. The molecular formula is C17H20ClN3O2S. The number of ether oxygens (including phenoxy) is 1. The summed E-state index contributed by atoms with van der Waals surface area (Å²) in [7, 11) is 0. The molecule has 0 saturated carbocycles. The fraction of sp³-hybridized carbons (Fsp3) is 0.412. The Labute approximate surface area is 150 Å². The molecule has 1 aliphatic heterocycles. The van der Waals surface area contributed by atoms with E-state index in [-0.39, 0.29) is 18.0 Å². The lowest BCUT2D eigenvalue weighted by molar-refractivity contribution is -0.126. The van der Waals surface area contributed by atoms with Crippen LogP contribution < -0.4 is 10.6 Å². The fourth-order valence-electron chi connectivity index (χ4n) is 2.59. The maximum absolute atomic E-state index is 12.3. The third-order valence-corrected chi connectivity index (χ3v) is 5.30. The molecule has 1 fully saturated rings. The van der Waals surface area contributed by atoms with Crippen molar-refractivity contribution in [3.8, 4) is 11.3 Å². The van der Waals surface area contributed by atoms with Gasteiger partial charge in [0.2, 0.25) is 5.91 Å². The molecule has 0 spiro atoms. The van der Waals surface area contributed by atoms with Crippen molar-refractivity contribution in [2.24, 2.45) is 0 Å². The van der Waals surface area contributed by atoms with Crippen LogP contribution in [0, 0.1) is 6.92 Å². The Morgan fingerprint density at radius 3 is 2.88 bits per heavy atom. The highest BCUT2D eigenvalue weighted by Gasteiger charge is 2.24. The summed E-state index contributed by atoms with van der Waals surface area (Å²) in [5.41, 5.74) is 1.96. The number of carbonyl (C=O) groups is 1. The van der Waals surface area contributed by atoms with Crippen LogP contribution in [0.1, 0.15) is 22.9 Å². The number of thiazole rings is 1. The predicted octanol–water partition coefficient (Wildman–Crippen LogP) is 2.94. The Balaban J connectivity index is 1.71. The van der Waals surface area contributed by atoms with E-state index in [1.807, 2.05) is 38.1 Å². The number of halogens is 1. The third-order valence-electron chi connectivity index (χ3n) is 3.90. The average molecular weight is 366 g/mol. The first-order chi connectivity index (χ1) is 11.5. The SMILES string of the molecule is Cc1sc(C(C)NC(=O)C2COCCN2)nc1-c1ccc(Cl)cc1. The molecule has 7 heteroatoms. The normalized spacial score (nSPS) is 19.0. The monoisotopic (exact) mass is 365 g/mol. The number of aromatic nitrogens is 1. The number of hydrogen-bond acceptors (Lipinski definition) is 5. The molecule has 2 aromatic rings. The first kappa shape index (κ1) is 17.4. The molecule has 1 amide bonds. The summed E-state index contributed by atoms with van der Waals surface area (Å²) >= 11 is 7.54. The number of aryl methyl sites for hydroxylation is 1. The van der Waals surface area contributed by atoms with Crippen LogP contribution >= 0.6 is 22.9 Å². The number of amides is 1. The van der Waals surface area contributed by atoms with Gasteiger partial charge in [-0.3, -0.25) is 4.79 Å². The second kappa shape index (κ2) is 7.61. The number of nitrogens with one attached hydrogen (secondary N) is 2. The maximum atomic E-state index is 12.3. The van der Waals surface area contributed by atoms with Gasteiger partial charge in [0.1, 0.15) is 11.0 Å². The summed E-state index contributed by atoms with van der Waals surface area (Å²) in [6, 6.07) is 7.19. The topological polar surface area (TPSA) is 63.2 Å². The molecule has 1 aliphatic rings. The van der Waals surface area contributed by atoms with Crippen LogP contribution in [0.15, 0.2) is 24.3 Å². The Bertz CT molecular complexity index is 711. The Morgan fingerprint density at radius 2 is 2.21 bits per heavy atom. The van der Waals surface area contributed by atoms with Crippen LogP contribution in [0.5, 0.6) is 0 Å². The van der Waals surface area contributed by atoms with Crippen molar-refractivity contribution in [3.63, 3.8) is 0 Å². The summed E-state index contributed by atoms with van der Waals surface area (Å²) in [6.07, 6.45) is 0. The van der Waals surface area contributed by atoms with Crippen LogP contribution in [0.25, 0.3) is 11.3 Å². The van der Waals surface area contributed by atoms with Crippen LogP contribution in [0.4, 0.5) is 0 Å². The lowest BCUT2D eigenvalue weighted by Crippen LogP contribution is -2.51. The van der Waals surface area contributed by atoms with Crippen LogP contribution in [-0.4, -0.2) is 36.7 Å². The van der Waals surface area contributed by atoms with Gasteiger partial charge in [-0.05, 0) is 26.0 Å². The maximum Gasteiger partial charge on any atom is 0.240 e. The molecule has 0 radical (unpaired) electrons. The lowest BCUT2D eigenvalue weighted by Gasteiger charge is -2.24. The molecule has 2 unspecified atom stereocenters. The lowest BCUT2D eigenvalue weighted by atomic mass is 10.1. The number of morpholine rings is 1. The molecular weight excluding hydrogens is 346 g/mol. The van der Waals surface area contributed by atoms with Gasteiger partial charge in [0.25, 0.3) is 0 Å². The summed E-state index contributed by atoms with van der Waals surface area (Å²) < 4.78 is 5.33. The van der Waals surface area contributed by atoms with Gasteiger partial charge in [-0.15, -0.1) is 11.3 Å². The first-order valence-electron chi connectivity index (χ1n) is 7.89. The van der Waals surface area contributed by atoms with E-state index >= 15 is 0 Å². The van der Waals surface area contributed by atoms with Crippen molar-refractivity contribution in [2.45, 2.75) is 25.9 Å². The van der Waals surface area contributed by atoms with Crippen molar-refractivity contribution in [1.82, 2.24) is 15.6 Å². The van der Waals surface area contributed by atoms with Gasteiger partial charge in [-0.1, -0.05) is 23.7 Å². The zero-order valence-electron chi connectivity index (χ0n) is 13.6. The molecule has 0 bridgehead atoms. The molecule has 1 saturated heterocycles. The smallest absolute Gasteiger partial charge is 0.240 e. The molecule has 3 rings (SSSR count). The number of nitrogens with zero attached hydrogens (tertiary/aromatic N) is 1. The van der Waals surface area contributed by atoms with E-state index in [0.29, 0.717) is 24.8 Å². The van der Waals surface area contributed by atoms with Crippen molar-refractivity contribution in [3.05, 3.63) is 39.2 Å². The van der Waals surface area contributed by atoms with E-state index in [9.17, 15) is 4.79 Å². The van der Waals surface area contributed by atoms with Gasteiger partial charge in [-0.2, -0.15) is 0 Å². The van der Waals surface area contributed by atoms with E-state index in [0.717, 1.165) is 21.1 Å². The minimum absolute atomic E-state index is 0.0527. The summed E-state index contributed by atoms with van der Waals surface area (Å²) in [5, 5.41) is 7.76. The second-order valence-electron chi connectivity index (χ2n) is 5.78. The highest BCUT2D eigenvalue weighted by molar-refractivity contribution is 7.12. The Kier molecular flexibility index (Phi) is 5.50. The molecule has 1 aromatic heterocycles. The number of hydrogen-bond donors (Lipinski definition) is 2. The zero-order chi connectivity index (χ0) is 17.1. The average Bonchev–Trinajstić information content (AvgIpc) is 2.98. The Morgan fingerprint density at radius 1 is 1.46 bits per heavy atom. The molecule has 2 heterocycles. The van der Waals surface area contributed by atoms with Gasteiger partial charge in [0, 0.05) is 22.0 Å². The van der Waals surface area contributed by atoms with E-state index in [1.54, 1.807) is 11.3 Å². The molecule has 2 atom stereocenters. The van der Waals surface area contributed by atoms with Crippen LogP contribution in [0.2, 0.25) is 5.02 Å². The standard InChI is InChI=1S/C17H20ClN3O2S/c1-10(20-16(22)14-9-23-8-7-19-14)17-21-15(11(2)24-17)12-3-5-13(18)6-4-12/h3-6,10,14,19H,7-9H2,1-2H3,(H,20,22). The van der Waals surface area contributed by atoms with Crippen molar-refractivity contribution < 1.29 is 9.53 Å². The number of rotatable bonds is 4. The van der Waals surface area contributed by atoms with E-state index < -0.39 is 0 Å². The molecule has 5 nitrogen and oxygen atoms in total. The predicted molar refractivity (Wildman–Crippen MR) is 96.5 cm³/mol. The fourth-order valence-corrected chi connectivity index (χ4v) is 3.66. The molecule has 0 aliphatic carbocycles. The minimum Gasteiger partial charge on any atom is -0.378 e. The van der Waals surface area contributed by atoms with Crippen LogP contribution in [-0.2, 0) is 9.53 Å². The van der Waals surface area contributed by atoms with Gasteiger partial charge in [-0.25, -0.2) is 4.98 Å². The van der Waals surface area contributed by atoms with Crippen molar-refractivity contribution in [1.29, 1.82) is 0 Å². The van der Waals surface area contributed by atoms with Gasteiger partial charge in [0.05, 0.1) is 24.9 Å². The van der Waals surface area contributed by atoms with E-state index in [4.69, 9.17) is 21.3 Å². The van der Waals surface area contributed by atoms with Gasteiger partial charge < -0.3 is 15.4 Å².